The maximum absolute atomic E-state index is 12.8. The van der Waals surface area contributed by atoms with Crippen LogP contribution in [0.4, 0.5) is 5.69 Å². The van der Waals surface area contributed by atoms with Gasteiger partial charge in [-0.25, -0.2) is 0 Å². The highest BCUT2D eigenvalue weighted by atomic mass is 16.3. The highest BCUT2D eigenvalue weighted by Gasteiger charge is 2.24. The van der Waals surface area contributed by atoms with Crippen molar-refractivity contribution in [1.29, 1.82) is 0 Å². The first-order chi connectivity index (χ1) is 14.6. The molecule has 1 aliphatic heterocycles. The average Bonchev–Trinajstić information content (AvgIpc) is 3.20. The molecule has 7 nitrogen and oxygen atoms in total. The standard InChI is InChI=1S/C22H26N4O.CH2O2/c23-12-9-16-5-7-18(8-6-16)24-19-10-13-26(14-11-19)22(27)21-15-17-3-1-2-4-20(17)25-21;2-1-3/h1-8,15,19,24-25H,9-14,23H2;1H,(H,2,3). The minimum Gasteiger partial charge on any atom is -0.483 e. The predicted molar refractivity (Wildman–Crippen MR) is 119 cm³/mol. The number of para-hydroxylation sites is 1. The van der Waals surface area contributed by atoms with Gasteiger partial charge in [-0.3, -0.25) is 9.59 Å². The van der Waals surface area contributed by atoms with Crippen LogP contribution in [0.5, 0.6) is 0 Å². The minimum atomic E-state index is -0.250. The van der Waals surface area contributed by atoms with Crippen molar-refractivity contribution in [1.82, 2.24) is 9.88 Å². The molecule has 0 atom stereocenters. The maximum atomic E-state index is 12.8. The van der Waals surface area contributed by atoms with Crippen molar-refractivity contribution in [2.45, 2.75) is 25.3 Å². The summed E-state index contributed by atoms with van der Waals surface area (Å²) in [6.07, 6.45) is 2.82. The molecule has 2 aromatic carbocycles. The molecule has 30 heavy (non-hydrogen) atoms. The molecule has 1 amide bonds. The summed E-state index contributed by atoms with van der Waals surface area (Å²) >= 11 is 0. The summed E-state index contributed by atoms with van der Waals surface area (Å²) in [5, 5.41) is 11.6. The zero-order valence-electron chi connectivity index (χ0n) is 16.9. The summed E-state index contributed by atoms with van der Waals surface area (Å²) in [4.78, 5) is 26.4. The van der Waals surface area contributed by atoms with E-state index in [0.29, 0.717) is 18.3 Å². The third-order valence-electron chi connectivity index (χ3n) is 5.30. The van der Waals surface area contributed by atoms with E-state index in [0.717, 1.165) is 48.9 Å². The first-order valence-corrected chi connectivity index (χ1v) is 10.1. The number of nitrogens with one attached hydrogen (secondary N) is 2. The molecule has 1 aromatic heterocycles. The fourth-order valence-corrected chi connectivity index (χ4v) is 3.76. The molecule has 1 fully saturated rings. The lowest BCUT2D eigenvalue weighted by molar-refractivity contribution is -0.122. The smallest absolute Gasteiger partial charge is 0.290 e. The highest BCUT2D eigenvalue weighted by Crippen LogP contribution is 2.21. The predicted octanol–water partition coefficient (Wildman–Crippen LogP) is 3.09. The third kappa shape index (κ3) is 5.39. The van der Waals surface area contributed by atoms with Gasteiger partial charge < -0.3 is 26.0 Å². The lowest BCUT2D eigenvalue weighted by atomic mass is 10.0. The van der Waals surface area contributed by atoms with E-state index in [-0.39, 0.29) is 12.4 Å². The maximum Gasteiger partial charge on any atom is 0.290 e. The Bertz CT molecular complexity index is 927. The molecule has 0 radical (unpaired) electrons. The van der Waals surface area contributed by atoms with E-state index in [1.807, 2.05) is 35.2 Å². The first kappa shape index (κ1) is 21.4. The number of aromatic amines is 1. The summed E-state index contributed by atoms with van der Waals surface area (Å²) in [6.45, 7) is 1.98. The number of anilines is 1. The van der Waals surface area contributed by atoms with Gasteiger partial charge in [0.2, 0.25) is 0 Å². The van der Waals surface area contributed by atoms with Crippen LogP contribution in [0.15, 0.2) is 54.6 Å². The zero-order chi connectivity index (χ0) is 21.3. The van der Waals surface area contributed by atoms with Gasteiger partial charge in [0.15, 0.2) is 0 Å². The second-order valence-corrected chi connectivity index (χ2v) is 7.32. The molecule has 2 heterocycles. The Morgan fingerprint density at radius 2 is 1.83 bits per heavy atom. The molecule has 4 rings (SSSR count). The number of nitrogens with zero attached hydrogens (tertiary/aromatic N) is 1. The van der Waals surface area contributed by atoms with Crippen LogP contribution in [0.2, 0.25) is 0 Å². The Morgan fingerprint density at radius 1 is 1.17 bits per heavy atom. The van der Waals surface area contributed by atoms with Crippen LogP contribution in [-0.4, -0.2) is 53.0 Å². The van der Waals surface area contributed by atoms with Crippen LogP contribution in [0, 0.1) is 0 Å². The quantitative estimate of drug-likeness (QED) is 0.485. The first-order valence-electron chi connectivity index (χ1n) is 10.1. The second-order valence-electron chi connectivity index (χ2n) is 7.32. The lowest BCUT2D eigenvalue weighted by Crippen LogP contribution is -2.42. The second kappa shape index (κ2) is 10.5. The molecule has 0 saturated carbocycles. The monoisotopic (exact) mass is 408 g/mol. The van der Waals surface area contributed by atoms with Gasteiger partial charge in [0.25, 0.3) is 12.4 Å². The summed E-state index contributed by atoms with van der Waals surface area (Å²) in [7, 11) is 0. The van der Waals surface area contributed by atoms with E-state index in [4.69, 9.17) is 15.6 Å². The number of nitrogens with two attached hydrogens (primary N) is 1. The molecule has 0 unspecified atom stereocenters. The van der Waals surface area contributed by atoms with Gasteiger partial charge in [0.1, 0.15) is 5.69 Å². The highest BCUT2D eigenvalue weighted by molar-refractivity contribution is 5.98. The number of H-pyrrole nitrogens is 1. The van der Waals surface area contributed by atoms with Crippen LogP contribution in [0.25, 0.3) is 10.9 Å². The molecule has 3 aromatic rings. The Hall–Kier alpha value is -3.32. The third-order valence-corrected chi connectivity index (χ3v) is 5.30. The number of rotatable bonds is 5. The number of carbonyl (C=O) groups is 2. The van der Waals surface area contributed by atoms with E-state index >= 15 is 0 Å². The van der Waals surface area contributed by atoms with Crippen molar-refractivity contribution in [3.05, 3.63) is 65.9 Å². The van der Waals surface area contributed by atoms with E-state index in [2.05, 4.69) is 34.6 Å². The van der Waals surface area contributed by atoms with Gasteiger partial charge in [-0.15, -0.1) is 0 Å². The SMILES string of the molecule is NCCc1ccc(NC2CCN(C(=O)c3cc4ccccc4[nH]3)CC2)cc1.O=CO. The van der Waals surface area contributed by atoms with Crippen molar-refractivity contribution in [2.24, 2.45) is 5.73 Å². The number of hydrogen-bond donors (Lipinski definition) is 4. The number of hydrogen-bond acceptors (Lipinski definition) is 4. The average molecular weight is 409 g/mol. The number of fused-ring (bicyclic) bond motifs is 1. The molecule has 1 aliphatic rings. The van der Waals surface area contributed by atoms with Crippen LogP contribution in [0.1, 0.15) is 28.9 Å². The van der Waals surface area contributed by atoms with Crippen molar-refractivity contribution in [2.75, 3.05) is 25.0 Å². The van der Waals surface area contributed by atoms with Crippen molar-refractivity contribution < 1.29 is 14.7 Å². The normalized spacial score (nSPS) is 14.1. The van der Waals surface area contributed by atoms with E-state index in [9.17, 15) is 4.79 Å². The number of amides is 1. The summed E-state index contributed by atoms with van der Waals surface area (Å²) in [5.41, 5.74) is 9.69. The zero-order valence-corrected chi connectivity index (χ0v) is 16.9. The van der Waals surface area contributed by atoms with E-state index in [1.165, 1.54) is 5.56 Å². The van der Waals surface area contributed by atoms with Crippen LogP contribution >= 0.6 is 0 Å². The Morgan fingerprint density at radius 3 is 2.47 bits per heavy atom. The number of carbonyl (C=O) groups excluding carboxylic acids is 1. The molecular weight excluding hydrogens is 380 g/mol. The number of carboxylic acid groups (broad SMARTS) is 1. The van der Waals surface area contributed by atoms with Crippen LogP contribution < -0.4 is 11.1 Å². The van der Waals surface area contributed by atoms with Crippen LogP contribution in [-0.2, 0) is 11.2 Å². The summed E-state index contributed by atoms with van der Waals surface area (Å²) in [6, 6.07) is 18.8. The topological polar surface area (TPSA) is 111 Å². The molecule has 5 N–H and O–H groups in total. The lowest BCUT2D eigenvalue weighted by Gasteiger charge is -2.32. The fourth-order valence-electron chi connectivity index (χ4n) is 3.76. The summed E-state index contributed by atoms with van der Waals surface area (Å²) < 4.78 is 0. The molecule has 0 spiro atoms. The van der Waals surface area contributed by atoms with Crippen molar-refractivity contribution >= 4 is 29.0 Å². The van der Waals surface area contributed by atoms with Gasteiger partial charge in [-0.2, -0.15) is 0 Å². The fraction of sp³-hybridized carbons (Fsp3) is 0.304. The van der Waals surface area contributed by atoms with Crippen molar-refractivity contribution in [3.63, 3.8) is 0 Å². The van der Waals surface area contributed by atoms with Gasteiger partial charge in [-0.05, 0) is 55.6 Å². The Labute approximate surface area is 175 Å². The molecule has 0 aliphatic carbocycles. The molecular formula is C23H28N4O3. The minimum absolute atomic E-state index is 0.0933. The molecule has 1 saturated heterocycles. The molecule has 7 heteroatoms. The van der Waals surface area contributed by atoms with E-state index < -0.39 is 0 Å². The van der Waals surface area contributed by atoms with Gasteiger partial charge in [0.05, 0.1) is 0 Å². The number of likely N-dealkylation sites (tertiary alicyclic amines) is 1. The van der Waals surface area contributed by atoms with E-state index in [1.54, 1.807) is 0 Å². The van der Waals surface area contributed by atoms with Crippen molar-refractivity contribution in [3.8, 4) is 0 Å². The molecule has 158 valence electrons. The largest absolute Gasteiger partial charge is 0.483 e. The van der Waals surface area contributed by atoms with Gasteiger partial charge >= 0.3 is 0 Å². The number of aromatic nitrogens is 1. The number of benzene rings is 2. The Balaban J connectivity index is 0.000000806. The van der Waals surface area contributed by atoms with Gasteiger partial charge in [0, 0.05) is 35.7 Å². The Kier molecular flexibility index (Phi) is 7.45. The molecule has 0 bridgehead atoms. The number of piperidine rings is 1. The van der Waals surface area contributed by atoms with Crippen LogP contribution in [0.3, 0.4) is 0 Å². The van der Waals surface area contributed by atoms with Gasteiger partial charge in [-0.1, -0.05) is 30.3 Å². The summed E-state index contributed by atoms with van der Waals surface area (Å²) in [5.74, 6) is 0.0933.